The zero-order valence-corrected chi connectivity index (χ0v) is 15.0. The number of rotatable bonds is 7. The molecule has 124 valence electrons. The number of sulfonamides is 1. The molecule has 1 N–H and O–H groups in total. The van der Waals surface area contributed by atoms with Crippen LogP contribution in [0.4, 0.5) is 0 Å². The topological polar surface area (TPSA) is 55.4 Å². The number of hydrogen-bond donors (Lipinski definition) is 1. The van der Waals surface area contributed by atoms with Gasteiger partial charge in [0, 0.05) is 11.6 Å². The lowest BCUT2D eigenvalue weighted by Gasteiger charge is -2.09. The minimum Gasteiger partial charge on any atom is -0.492 e. The van der Waals surface area contributed by atoms with Gasteiger partial charge >= 0.3 is 0 Å². The van der Waals surface area contributed by atoms with E-state index in [4.69, 9.17) is 39.5 Å². The molecule has 4 nitrogen and oxygen atoms in total. The van der Waals surface area contributed by atoms with E-state index in [0.29, 0.717) is 26.4 Å². The summed E-state index contributed by atoms with van der Waals surface area (Å²) in [4.78, 5) is 0. The second-order valence-corrected chi connectivity index (χ2v) is 7.76. The Morgan fingerprint density at radius 3 is 2.30 bits per heavy atom. The fourth-order valence-electron chi connectivity index (χ4n) is 1.80. The van der Waals surface area contributed by atoms with Crippen LogP contribution in [0.25, 0.3) is 0 Å². The molecule has 23 heavy (non-hydrogen) atoms. The third-order valence-electron chi connectivity index (χ3n) is 2.85. The fourth-order valence-corrected chi connectivity index (χ4v) is 3.36. The van der Waals surface area contributed by atoms with E-state index in [1.165, 1.54) is 6.07 Å². The maximum absolute atomic E-state index is 12.0. The Bertz CT molecular complexity index is 764. The van der Waals surface area contributed by atoms with Crippen LogP contribution in [-0.2, 0) is 15.8 Å². The highest BCUT2D eigenvalue weighted by atomic mass is 35.5. The first-order valence-corrected chi connectivity index (χ1v) is 9.44. The van der Waals surface area contributed by atoms with Crippen molar-refractivity contribution in [2.24, 2.45) is 0 Å². The third kappa shape index (κ3) is 6.20. The van der Waals surface area contributed by atoms with Gasteiger partial charge in [-0.15, -0.1) is 0 Å². The molecule has 0 aliphatic heterocycles. The van der Waals surface area contributed by atoms with Crippen LogP contribution in [0.2, 0.25) is 15.1 Å². The summed E-state index contributed by atoms with van der Waals surface area (Å²) >= 11 is 17.4. The second kappa shape index (κ2) is 8.22. The average Bonchev–Trinajstić information content (AvgIpc) is 2.49. The second-order valence-electron chi connectivity index (χ2n) is 4.70. The standard InChI is InChI=1S/C15H14Cl3NO3S/c16-12-2-4-13(5-3-12)22-8-7-19-23(20,21)10-11-1-6-14(17)15(18)9-11/h1-6,9,19H,7-8,10H2. The average molecular weight is 395 g/mol. The summed E-state index contributed by atoms with van der Waals surface area (Å²) in [6, 6.07) is 11.6. The summed E-state index contributed by atoms with van der Waals surface area (Å²) in [7, 11) is -3.48. The highest BCUT2D eigenvalue weighted by Gasteiger charge is 2.12. The van der Waals surface area contributed by atoms with Crippen molar-refractivity contribution in [1.82, 2.24) is 4.72 Å². The highest BCUT2D eigenvalue weighted by molar-refractivity contribution is 7.88. The van der Waals surface area contributed by atoms with E-state index in [9.17, 15) is 8.42 Å². The summed E-state index contributed by atoms with van der Waals surface area (Å²) < 4.78 is 31.9. The van der Waals surface area contributed by atoms with Crippen LogP contribution in [0.3, 0.4) is 0 Å². The monoisotopic (exact) mass is 393 g/mol. The first kappa shape index (κ1) is 18.4. The molecule has 2 rings (SSSR count). The van der Waals surface area contributed by atoms with Crippen LogP contribution >= 0.6 is 34.8 Å². The van der Waals surface area contributed by atoms with Crippen LogP contribution in [0.15, 0.2) is 42.5 Å². The maximum Gasteiger partial charge on any atom is 0.215 e. The van der Waals surface area contributed by atoms with Crippen molar-refractivity contribution >= 4 is 44.8 Å². The molecule has 0 atom stereocenters. The molecule has 0 amide bonds. The smallest absolute Gasteiger partial charge is 0.215 e. The van der Waals surface area contributed by atoms with Gasteiger partial charge in [0.1, 0.15) is 12.4 Å². The van der Waals surface area contributed by atoms with E-state index in [1.54, 1.807) is 36.4 Å². The fraction of sp³-hybridized carbons (Fsp3) is 0.200. The van der Waals surface area contributed by atoms with Crippen molar-refractivity contribution < 1.29 is 13.2 Å². The molecular weight excluding hydrogens is 381 g/mol. The molecule has 0 saturated heterocycles. The van der Waals surface area contributed by atoms with E-state index in [-0.39, 0.29) is 18.9 Å². The van der Waals surface area contributed by atoms with E-state index < -0.39 is 10.0 Å². The quantitative estimate of drug-likeness (QED) is 0.718. The molecule has 2 aromatic carbocycles. The molecule has 0 saturated carbocycles. The predicted molar refractivity (Wildman–Crippen MR) is 94.0 cm³/mol. The summed E-state index contributed by atoms with van der Waals surface area (Å²) in [6.45, 7) is 0.370. The van der Waals surface area contributed by atoms with E-state index in [1.807, 2.05) is 0 Å². The largest absolute Gasteiger partial charge is 0.492 e. The van der Waals surface area contributed by atoms with Crippen molar-refractivity contribution in [3.63, 3.8) is 0 Å². The van der Waals surface area contributed by atoms with Crippen LogP contribution in [0, 0.1) is 0 Å². The van der Waals surface area contributed by atoms with Gasteiger partial charge in [0.05, 0.1) is 15.8 Å². The van der Waals surface area contributed by atoms with Gasteiger partial charge in [-0.1, -0.05) is 40.9 Å². The van der Waals surface area contributed by atoms with E-state index in [2.05, 4.69) is 4.72 Å². The van der Waals surface area contributed by atoms with Crippen molar-refractivity contribution in [3.8, 4) is 5.75 Å². The highest BCUT2D eigenvalue weighted by Crippen LogP contribution is 2.23. The first-order valence-electron chi connectivity index (χ1n) is 6.65. The van der Waals surface area contributed by atoms with Gasteiger partial charge in [-0.05, 0) is 42.0 Å². The lowest BCUT2D eigenvalue weighted by Crippen LogP contribution is -2.29. The molecular formula is C15H14Cl3NO3S. The molecule has 0 fully saturated rings. The molecule has 8 heteroatoms. The zero-order valence-electron chi connectivity index (χ0n) is 11.9. The number of benzene rings is 2. The summed E-state index contributed by atoms with van der Waals surface area (Å²) in [5.74, 6) is 0.447. The minimum atomic E-state index is -3.48. The normalized spacial score (nSPS) is 11.4. The first-order chi connectivity index (χ1) is 10.9. The third-order valence-corrected chi connectivity index (χ3v) is 5.20. The van der Waals surface area contributed by atoms with Crippen LogP contribution in [0.1, 0.15) is 5.56 Å². The number of halogens is 3. The van der Waals surface area contributed by atoms with Gasteiger partial charge in [-0.2, -0.15) is 0 Å². The van der Waals surface area contributed by atoms with Crippen LogP contribution in [0.5, 0.6) is 5.75 Å². The number of ether oxygens (including phenoxy) is 1. The number of nitrogens with one attached hydrogen (secondary N) is 1. The predicted octanol–water partition coefficient (Wildman–Crippen LogP) is 4.15. The van der Waals surface area contributed by atoms with Gasteiger partial charge in [-0.3, -0.25) is 0 Å². The summed E-state index contributed by atoms with van der Waals surface area (Å²) in [5, 5.41) is 1.32. The Morgan fingerprint density at radius 2 is 1.65 bits per heavy atom. The molecule has 0 aliphatic carbocycles. The van der Waals surface area contributed by atoms with Crippen molar-refractivity contribution in [2.75, 3.05) is 13.2 Å². The SMILES string of the molecule is O=S(=O)(Cc1ccc(Cl)c(Cl)c1)NCCOc1ccc(Cl)cc1. The molecule has 0 heterocycles. The summed E-state index contributed by atoms with van der Waals surface area (Å²) in [5.41, 5.74) is 0.561. The van der Waals surface area contributed by atoms with Crippen LogP contribution < -0.4 is 9.46 Å². The Labute approximate surface area is 150 Å². The molecule has 0 spiro atoms. The molecule has 0 radical (unpaired) electrons. The Balaban J connectivity index is 1.81. The van der Waals surface area contributed by atoms with Crippen LogP contribution in [-0.4, -0.2) is 21.6 Å². The zero-order chi connectivity index (χ0) is 16.9. The molecule has 0 aromatic heterocycles. The number of hydrogen-bond acceptors (Lipinski definition) is 3. The minimum absolute atomic E-state index is 0.159. The van der Waals surface area contributed by atoms with Crippen molar-refractivity contribution in [1.29, 1.82) is 0 Å². The maximum atomic E-state index is 12.0. The van der Waals surface area contributed by atoms with Gasteiger partial charge in [0.2, 0.25) is 10.0 Å². The lowest BCUT2D eigenvalue weighted by molar-refractivity contribution is 0.323. The Hall–Kier alpha value is -0.980. The molecule has 0 aliphatic rings. The lowest BCUT2D eigenvalue weighted by atomic mass is 10.2. The molecule has 0 bridgehead atoms. The van der Waals surface area contributed by atoms with Gasteiger partial charge < -0.3 is 4.74 Å². The molecule has 0 unspecified atom stereocenters. The Kier molecular flexibility index (Phi) is 6.56. The van der Waals surface area contributed by atoms with E-state index in [0.717, 1.165) is 0 Å². The summed E-state index contributed by atoms with van der Waals surface area (Å²) in [6.07, 6.45) is 0. The van der Waals surface area contributed by atoms with Crippen molar-refractivity contribution in [2.45, 2.75) is 5.75 Å². The van der Waals surface area contributed by atoms with E-state index >= 15 is 0 Å². The molecule has 2 aromatic rings. The Morgan fingerprint density at radius 1 is 0.957 bits per heavy atom. The van der Waals surface area contributed by atoms with Crippen molar-refractivity contribution in [3.05, 3.63) is 63.1 Å². The van der Waals surface area contributed by atoms with Gasteiger partial charge in [0.25, 0.3) is 0 Å². The van der Waals surface area contributed by atoms with Gasteiger partial charge in [0.15, 0.2) is 0 Å². The van der Waals surface area contributed by atoms with Gasteiger partial charge in [-0.25, -0.2) is 13.1 Å².